The molecule has 1 atom stereocenters. The number of aliphatic imine (C=N–C) groups is 1. The van der Waals surface area contributed by atoms with E-state index in [1.54, 1.807) is 0 Å². The Kier molecular flexibility index (Phi) is 6.48. The van der Waals surface area contributed by atoms with Crippen LogP contribution in [0.15, 0.2) is 29.3 Å². The van der Waals surface area contributed by atoms with Crippen LogP contribution in [0.2, 0.25) is 0 Å². The Morgan fingerprint density at radius 2 is 2.08 bits per heavy atom. The minimum atomic E-state index is 0.203. The molecule has 1 aromatic rings. The van der Waals surface area contributed by atoms with Gasteiger partial charge in [0.05, 0.1) is 19.2 Å². The van der Waals surface area contributed by atoms with Crippen molar-refractivity contribution in [2.24, 2.45) is 4.99 Å². The van der Waals surface area contributed by atoms with Crippen LogP contribution < -0.4 is 15.4 Å². The summed E-state index contributed by atoms with van der Waals surface area (Å²) in [7, 11) is 0. The van der Waals surface area contributed by atoms with Gasteiger partial charge in [-0.25, -0.2) is 0 Å². The Bertz CT molecular complexity index is 588. The average Bonchev–Trinajstić information content (AvgIpc) is 2.67. The molecule has 2 aliphatic rings. The molecule has 6 heteroatoms. The van der Waals surface area contributed by atoms with Crippen molar-refractivity contribution in [3.05, 3.63) is 29.8 Å². The molecular weight excluding hydrogens is 334 g/mol. The summed E-state index contributed by atoms with van der Waals surface area (Å²) in [5, 5.41) is 7.01. The number of rotatable bonds is 5. The molecule has 1 fully saturated rings. The van der Waals surface area contributed by atoms with Crippen LogP contribution in [0.3, 0.4) is 0 Å². The van der Waals surface area contributed by atoms with Gasteiger partial charge < -0.3 is 20.1 Å². The van der Waals surface area contributed by atoms with Crippen molar-refractivity contribution >= 4 is 17.7 Å². The predicted octanol–water partition coefficient (Wildman–Crippen LogP) is 2.98. The van der Waals surface area contributed by atoms with E-state index in [-0.39, 0.29) is 10.8 Å². The first-order valence-electron chi connectivity index (χ1n) is 9.16. The van der Waals surface area contributed by atoms with Crippen molar-refractivity contribution in [1.82, 2.24) is 10.6 Å². The smallest absolute Gasteiger partial charge is 0.191 e. The summed E-state index contributed by atoms with van der Waals surface area (Å²) in [6.45, 7) is 6.19. The zero-order valence-corrected chi connectivity index (χ0v) is 16.0. The molecule has 1 saturated heterocycles. The van der Waals surface area contributed by atoms with Crippen molar-refractivity contribution in [1.29, 1.82) is 0 Å². The van der Waals surface area contributed by atoms with Gasteiger partial charge in [0.25, 0.3) is 0 Å². The Morgan fingerprint density at radius 3 is 2.84 bits per heavy atom. The number of benzene rings is 1. The molecule has 25 heavy (non-hydrogen) atoms. The predicted molar refractivity (Wildman–Crippen MR) is 105 cm³/mol. The number of thioether (sulfide) groups is 1. The quantitative estimate of drug-likeness (QED) is 0.622. The molecule has 2 heterocycles. The minimum Gasteiger partial charge on any atom is -0.493 e. The van der Waals surface area contributed by atoms with Crippen LogP contribution in [0.1, 0.15) is 37.8 Å². The summed E-state index contributed by atoms with van der Waals surface area (Å²) in [6.07, 6.45) is 5.27. The summed E-state index contributed by atoms with van der Waals surface area (Å²) in [4.78, 5) is 4.92. The van der Waals surface area contributed by atoms with Crippen LogP contribution in [0.25, 0.3) is 0 Å². The van der Waals surface area contributed by atoms with Gasteiger partial charge in [-0.3, -0.25) is 4.99 Å². The van der Waals surface area contributed by atoms with Crippen molar-refractivity contribution in [2.75, 3.05) is 39.2 Å². The first-order chi connectivity index (χ1) is 12.3. The highest BCUT2D eigenvalue weighted by atomic mass is 32.2. The number of hydrogen-bond acceptors (Lipinski definition) is 4. The average molecular weight is 364 g/mol. The summed E-state index contributed by atoms with van der Waals surface area (Å²) in [5.41, 5.74) is 1.21. The van der Waals surface area contributed by atoms with Gasteiger partial charge in [-0.05, 0) is 32.1 Å². The third kappa shape index (κ3) is 4.61. The van der Waals surface area contributed by atoms with E-state index >= 15 is 0 Å². The fraction of sp³-hybridized carbons (Fsp3) is 0.632. The second kappa shape index (κ2) is 8.81. The molecule has 0 aliphatic carbocycles. The maximum Gasteiger partial charge on any atom is 0.191 e. The van der Waals surface area contributed by atoms with Gasteiger partial charge in [-0.2, -0.15) is 11.8 Å². The van der Waals surface area contributed by atoms with E-state index in [1.165, 1.54) is 5.56 Å². The maximum atomic E-state index is 5.77. The first kappa shape index (κ1) is 18.4. The van der Waals surface area contributed by atoms with Crippen LogP contribution in [0.4, 0.5) is 0 Å². The van der Waals surface area contributed by atoms with Crippen molar-refractivity contribution in [3.63, 3.8) is 0 Å². The van der Waals surface area contributed by atoms with Gasteiger partial charge in [-0.1, -0.05) is 18.2 Å². The van der Waals surface area contributed by atoms with Gasteiger partial charge in [0, 0.05) is 36.5 Å². The third-order valence-electron chi connectivity index (χ3n) is 4.98. The Hall–Kier alpha value is -1.40. The number of para-hydroxylation sites is 1. The first-order valence-corrected chi connectivity index (χ1v) is 10.4. The fourth-order valence-electron chi connectivity index (χ4n) is 3.37. The minimum absolute atomic E-state index is 0.203. The number of fused-ring (bicyclic) bond motifs is 1. The van der Waals surface area contributed by atoms with Gasteiger partial charge in [0.1, 0.15) is 5.75 Å². The second-order valence-corrected chi connectivity index (χ2v) is 7.84. The van der Waals surface area contributed by atoms with Crippen LogP contribution in [-0.4, -0.2) is 49.9 Å². The molecule has 2 N–H and O–H groups in total. The van der Waals surface area contributed by atoms with E-state index < -0.39 is 0 Å². The van der Waals surface area contributed by atoms with Crippen molar-refractivity contribution in [2.45, 2.75) is 37.0 Å². The molecule has 3 rings (SSSR count). The molecule has 1 aromatic carbocycles. The largest absolute Gasteiger partial charge is 0.493 e. The third-order valence-corrected chi connectivity index (χ3v) is 6.38. The highest BCUT2D eigenvalue weighted by Crippen LogP contribution is 2.34. The van der Waals surface area contributed by atoms with Crippen LogP contribution in [-0.2, 0) is 4.74 Å². The lowest BCUT2D eigenvalue weighted by Gasteiger charge is -2.34. The molecule has 1 unspecified atom stereocenters. The Labute approximate surface area is 155 Å². The van der Waals surface area contributed by atoms with Gasteiger partial charge in [0.2, 0.25) is 0 Å². The molecule has 138 valence electrons. The Morgan fingerprint density at radius 1 is 1.28 bits per heavy atom. The molecule has 2 aliphatic heterocycles. The lowest BCUT2D eigenvalue weighted by molar-refractivity contribution is 0.0794. The monoisotopic (exact) mass is 363 g/mol. The number of nitrogens with zero attached hydrogens (tertiary/aromatic N) is 1. The molecular formula is C19H29N3O2S. The highest BCUT2D eigenvalue weighted by Gasteiger charge is 2.32. The number of hydrogen-bond donors (Lipinski definition) is 2. The Balaban J connectivity index is 1.71. The van der Waals surface area contributed by atoms with Gasteiger partial charge in [-0.15, -0.1) is 0 Å². The van der Waals surface area contributed by atoms with E-state index in [1.807, 2.05) is 23.9 Å². The molecule has 0 aromatic heterocycles. The van der Waals surface area contributed by atoms with Crippen molar-refractivity contribution in [3.8, 4) is 5.75 Å². The lowest BCUT2D eigenvalue weighted by Crippen LogP contribution is -2.43. The van der Waals surface area contributed by atoms with Crippen molar-refractivity contribution < 1.29 is 9.47 Å². The molecule has 0 radical (unpaired) electrons. The zero-order chi connectivity index (χ0) is 17.5. The van der Waals surface area contributed by atoms with Gasteiger partial charge in [0.15, 0.2) is 5.96 Å². The van der Waals surface area contributed by atoms with E-state index in [9.17, 15) is 0 Å². The van der Waals surface area contributed by atoms with Crippen LogP contribution >= 0.6 is 11.8 Å². The highest BCUT2D eigenvalue weighted by molar-refractivity contribution is 8.00. The van der Waals surface area contributed by atoms with E-state index in [4.69, 9.17) is 14.5 Å². The summed E-state index contributed by atoms with van der Waals surface area (Å²) in [6, 6.07) is 8.50. The maximum absolute atomic E-state index is 5.77. The summed E-state index contributed by atoms with van der Waals surface area (Å²) < 4.78 is 11.5. The van der Waals surface area contributed by atoms with Crippen LogP contribution in [0, 0.1) is 0 Å². The van der Waals surface area contributed by atoms with E-state index in [2.05, 4.69) is 35.9 Å². The van der Waals surface area contributed by atoms with E-state index in [0.717, 1.165) is 63.9 Å². The fourth-order valence-corrected chi connectivity index (χ4v) is 4.14. The van der Waals surface area contributed by atoms with Gasteiger partial charge >= 0.3 is 0 Å². The zero-order valence-electron chi connectivity index (χ0n) is 15.2. The number of ether oxygens (including phenoxy) is 2. The van der Waals surface area contributed by atoms with E-state index in [0.29, 0.717) is 0 Å². The molecule has 0 saturated carbocycles. The molecule has 0 amide bonds. The molecule has 5 nitrogen and oxygen atoms in total. The second-order valence-electron chi connectivity index (χ2n) is 6.57. The molecule has 0 spiro atoms. The normalized spacial score (nSPS) is 22.6. The lowest BCUT2D eigenvalue weighted by atomic mass is 9.99. The topological polar surface area (TPSA) is 54.9 Å². The SMILES string of the molecule is CCNC(=NCC1(SC)CCOCC1)NC1CCOc2ccccc21. The number of guanidine groups is 1. The number of nitrogens with one attached hydrogen (secondary N) is 2. The standard InChI is InChI=1S/C19H29N3O2S/c1-3-20-18(21-14-19(25-2)9-12-23-13-10-19)22-16-8-11-24-17-7-5-4-6-15(16)17/h4-7,16H,3,8-14H2,1-2H3,(H2,20,21,22). The molecule has 0 bridgehead atoms. The summed E-state index contributed by atoms with van der Waals surface area (Å²) >= 11 is 1.93. The van der Waals surface area contributed by atoms with Crippen LogP contribution in [0.5, 0.6) is 5.75 Å². The summed E-state index contributed by atoms with van der Waals surface area (Å²) in [5.74, 6) is 1.87.